The van der Waals surface area contributed by atoms with Crippen LogP contribution in [-0.2, 0) is 0 Å². The molecule has 244 valence electrons. The van der Waals surface area contributed by atoms with Crippen molar-refractivity contribution >= 4 is 60.5 Å². The average molecular weight is 664 g/mol. The Hall–Kier alpha value is -6.90. The van der Waals surface area contributed by atoms with Crippen LogP contribution in [0.15, 0.2) is 205 Å². The first-order chi connectivity index (χ1) is 25.8. The van der Waals surface area contributed by atoms with Gasteiger partial charge in [0.15, 0.2) is 0 Å². The lowest BCUT2D eigenvalue weighted by atomic mass is 9.95. The fourth-order valence-corrected chi connectivity index (χ4v) is 7.78. The van der Waals surface area contributed by atoms with Crippen LogP contribution in [0.4, 0.5) is 17.1 Å². The molecule has 10 rings (SSSR count). The van der Waals surface area contributed by atoms with Crippen LogP contribution in [0.25, 0.3) is 76.9 Å². The van der Waals surface area contributed by atoms with Crippen LogP contribution >= 0.6 is 0 Å². The quantitative estimate of drug-likeness (QED) is 0.176. The highest BCUT2D eigenvalue weighted by atomic mass is 16.3. The summed E-state index contributed by atoms with van der Waals surface area (Å²) in [5.41, 5.74) is 12.1. The molecule has 1 aromatic heterocycles. The molecule has 2 nitrogen and oxygen atoms in total. The van der Waals surface area contributed by atoms with Gasteiger partial charge in [0, 0.05) is 27.7 Å². The van der Waals surface area contributed by atoms with Crippen LogP contribution in [0.3, 0.4) is 0 Å². The molecule has 10 aromatic rings. The van der Waals surface area contributed by atoms with Gasteiger partial charge in [0.05, 0.1) is 5.69 Å². The Labute approximate surface area is 302 Å². The summed E-state index contributed by atoms with van der Waals surface area (Å²) in [6.45, 7) is 0. The van der Waals surface area contributed by atoms with Crippen molar-refractivity contribution in [3.8, 4) is 33.4 Å². The van der Waals surface area contributed by atoms with E-state index < -0.39 is 0 Å². The molecule has 0 aliphatic heterocycles. The molecule has 2 heteroatoms. The number of nitrogens with zero attached hydrogens (tertiary/aromatic N) is 1. The number of benzene rings is 9. The highest BCUT2D eigenvalue weighted by Crippen LogP contribution is 2.45. The van der Waals surface area contributed by atoms with E-state index in [0.29, 0.717) is 0 Å². The molecule has 0 aliphatic carbocycles. The number of hydrogen-bond donors (Lipinski definition) is 0. The Bertz CT molecular complexity index is 2910. The van der Waals surface area contributed by atoms with Crippen molar-refractivity contribution in [1.82, 2.24) is 0 Å². The van der Waals surface area contributed by atoms with Gasteiger partial charge in [0.2, 0.25) is 0 Å². The number of hydrogen-bond acceptors (Lipinski definition) is 2. The monoisotopic (exact) mass is 663 g/mol. The predicted octanol–water partition coefficient (Wildman–Crippen LogP) is 14.4. The molecule has 0 amide bonds. The second-order valence-corrected chi connectivity index (χ2v) is 13.3. The van der Waals surface area contributed by atoms with E-state index in [1.165, 1.54) is 43.8 Å². The smallest absolute Gasteiger partial charge is 0.136 e. The Morgan fingerprint density at radius 2 is 0.962 bits per heavy atom. The number of fused-ring (bicyclic) bond motifs is 5. The molecule has 0 aliphatic rings. The summed E-state index contributed by atoms with van der Waals surface area (Å²) in [4.78, 5) is 2.40. The fraction of sp³-hybridized carbons (Fsp3) is 0. The molecule has 9 aromatic carbocycles. The van der Waals surface area contributed by atoms with E-state index in [9.17, 15) is 0 Å². The van der Waals surface area contributed by atoms with Gasteiger partial charge in [-0.15, -0.1) is 0 Å². The third kappa shape index (κ3) is 5.12. The van der Waals surface area contributed by atoms with E-state index in [1.807, 2.05) is 12.1 Å². The third-order valence-corrected chi connectivity index (χ3v) is 10.3. The molecule has 52 heavy (non-hydrogen) atoms. The largest absolute Gasteiger partial charge is 0.456 e. The SMILES string of the molecule is c1cc(-c2cccc3oc4ccccc4c23)cc(N(c2ccc(-c3ccc4ccccc4c3)cc2)c2ccccc2-c2cccc3ccccc23)c1. The van der Waals surface area contributed by atoms with E-state index in [2.05, 4.69) is 193 Å². The van der Waals surface area contributed by atoms with Crippen molar-refractivity contribution in [3.63, 3.8) is 0 Å². The number of para-hydroxylation sites is 2. The highest BCUT2D eigenvalue weighted by molar-refractivity contribution is 6.12. The first-order valence-electron chi connectivity index (χ1n) is 17.8. The van der Waals surface area contributed by atoms with Crippen molar-refractivity contribution in [3.05, 3.63) is 200 Å². The van der Waals surface area contributed by atoms with Gasteiger partial charge >= 0.3 is 0 Å². The molecule has 0 fully saturated rings. The van der Waals surface area contributed by atoms with E-state index >= 15 is 0 Å². The maximum absolute atomic E-state index is 6.29. The van der Waals surface area contributed by atoms with Crippen LogP contribution in [0, 0.1) is 0 Å². The van der Waals surface area contributed by atoms with Gasteiger partial charge in [-0.3, -0.25) is 0 Å². The van der Waals surface area contributed by atoms with Crippen molar-refractivity contribution in [2.75, 3.05) is 4.90 Å². The van der Waals surface area contributed by atoms with Crippen molar-refractivity contribution in [1.29, 1.82) is 0 Å². The van der Waals surface area contributed by atoms with Gasteiger partial charge < -0.3 is 9.32 Å². The number of anilines is 3. The number of furan rings is 1. The number of rotatable bonds is 6. The van der Waals surface area contributed by atoms with Crippen LogP contribution < -0.4 is 4.90 Å². The first-order valence-corrected chi connectivity index (χ1v) is 17.8. The second-order valence-electron chi connectivity index (χ2n) is 13.3. The summed E-state index contributed by atoms with van der Waals surface area (Å²) in [6.07, 6.45) is 0. The summed E-state index contributed by atoms with van der Waals surface area (Å²) in [5.74, 6) is 0. The van der Waals surface area contributed by atoms with E-state index in [-0.39, 0.29) is 0 Å². The van der Waals surface area contributed by atoms with Gasteiger partial charge in [-0.05, 0) is 97.9 Å². The van der Waals surface area contributed by atoms with Crippen LogP contribution in [0.1, 0.15) is 0 Å². The second kappa shape index (κ2) is 12.5. The van der Waals surface area contributed by atoms with E-state index in [0.717, 1.165) is 50.1 Å². The Morgan fingerprint density at radius 3 is 1.87 bits per heavy atom. The molecule has 0 N–H and O–H groups in total. The minimum absolute atomic E-state index is 0.895. The van der Waals surface area contributed by atoms with Gasteiger partial charge in [-0.25, -0.2) is 0 Å². The molecule has 0 bridgehead atoms. The Kier molecular flexibility index (Phi) is 7.18. The van der Waals surface area contributed by atoms with Gasteiger partial charge in [-0.1, -0.05) is 152 Å². The molecular formula is C50H33NO. The predicted molar refractivity (Wildman–Crippen MR) is 220 cm³/mol. The van der Waals surface area contributed by atoms with E-state index in [4.69, 9.17) is 4.42 Å². The topological polar surface area (TPSA) is 16.4 Å². The summed E-state index contributed by atoms with van der Waals surface area (Å²) < 4.78 is 6.29. The average Bonchev–Trinajstić information content (AvgIpc) is 3.60. The summed E-state index contributed by atoms with van der Waals surface area (Å²) in [6, 6.07) is 71.8. The summed E-state index contributed by atoms with van der Waals surface area (Å²) >= 11 is 0. The minimum Gasteiger partial charge on any atom is -0.456 e. The van der Waals surface area contributed by atoms with Gasteiger partial charge in [0.25, 0.3) is 0 Å². The molecule has 1 heterocycles. The molecule has 0 saturated carbocycles. The molecule has 0 unspecified atom stereocenters. The van der Waals surface area contributed by atoms with Gasteiger partial charge in [-0.2, -0.15) is 0 Å². The van der Waals surface area contributed by atoms with E-state index in [1.54, 1.807) is 0 Å². The minimum atomic E-state index is 0.895. The summed E-state index contributed by atoms with van der Waals surface area (Å²) in [7, 11) is 0. The Morgan fingerprint density at radius 1 is 0.327 bits per heavy atom. The molecule has 0 spiro atoms. The Balaban J connectivity index is 1.16. The molecule has 0 radical (unpaired) electrons. The highest BCUT2D eigenvalue weighted by Gasteiger charge is 2.20. The summed E-state index contributed by atoms with van der Waals surface area (Å²) in [5, 5.41) is 7.21. The molecular weight excluding hydrogens is 631 g/mol. The zero-order valence-corrected chi connectivity index (χ0v) is 28.4. The maximum Gasteiger partial charge on any atom is 0.136 e. The lowest BCUT2D eigenvalue weighted by Gasteiger charge is -2.29. The normalized spacial score (nSPS) is 11.5. The lowest BCUT2D eigenvalue weighted by molar-refractivity contribution is 0.669. The van der Waals surface area contributed by atoms with Crippen LogP contribution in [0.2, 0.25) is 0 Å². The van der Waals surface area contributed by atoms with Crippen molar-refractivity contribution < 1.29 is 4.42 Å². The van der Waals surface area contributed by atoms with Crippen LogP contribution in [0.5, 0.6) is 0 Å². The molecule has 0 saturated heterocycles. The van der Waals surface area contributed by atoms with Gasteiger partial charge in [0.1, 0.15) is 11.2 Å². The lowest BCUT2D eigenvalue weighted by Crippen LogP contribution is -2.11. The van der Waals surface area contributed by atoms with Crippen molar-refractivity contribution in [2.24, 2.45) is 0 Å². The van der Waals surface area contributed by atoms with Crippen LogP contribution in [-0.4, -0.2) is 0 Å². The third-order valence-electron chi connectivity index (χ3n) is 10.3. The van der Waals surface area contributed by atoms with Crippen molar-refractivity contribution in [2.45, 2.75) is 0 Å². The fourth-order valence-electron chi connectivity index (χ4n) is 7.78. The zero-order chi connectivity index (χ0) is 34.4. The molecule has 0 atom stereocenters. The zero-order valence-electron chi connectivity index (χ0n) is 28.4. The first kappa shape index (κ1) is 30.0. The standard InChI is InChI=1S/C50H33NO/c1-2-14-37-32-38(27-26-34(37)12-1)35-28-30-40(31-29-35)51(47-23-7-5-19-45(47)44-22-10-15-36-13-3-4-18-42(36)44)41-17-9-16-39(33-41)43-21-11-25-49-50(43)46-20-6-8-24-48(46)52-49/h1-33H. The maximum atomic E-state index is 6.29.